The molecule has 0 saturated carbocycles. The zero-order valence-electron chi connectivity index (χ0n) is 11.6. The summed E-state index contributed by atoms with van der Waals surface area (Å²) >= 11 is 0. The van der Waals surface area contributed by atoms with Crippen LogP contribution in [0.5, 0.6) is 5.75 Å². The van der Waals surface area contributed by atoms with Gasteiger partial charge in [0.05, 0.1) is 19.6 Å². The lowest BCUT2D eigenvalue weighted by atomic mass is 10.1. The molecule has 0 bridgehead atoms. The van der Waals surface area contributed by atoms with Crippen LogP contribution in [0.1, 0.15) is 30.4 Å². The van der Waals surface area contributed by atoms with Crippen LogP contribution in [0.4, 0.5) is 0 Å². The van der Waals surface area contributed by atoms with Crippen molar-refractivity contribution in [2.45, 2.75) is 33.1 Å². The fourth-order valence-electron chi connectivity index (χ4n) is 2.19. The van der Waals surface area contributed by atoms with E-state index in [9.17, 15) is 4.79 Å². The number of hydroxylamine groups is 2. The Hall–Kier alpha value is -1.55. The normalized spacial score (nSPS) is 15.4. The van der Waals surface area contributed by atoms with E-state index in [2.05, 4.69) is 6.07 Å². The number of aryl methyl sites for hydroxylation is 2. The van der Waals surface area contributed by atoms with Crippen LogP contribution in [-0.2, 0) is 9.63 Å². The molecule has 0 aliphatic carbocycles. The zero-order chi connectivity index (χ0) is 13.7. The quantitative estimate of drug-likeness (QED) is 0.838. The Morgan fingerprint density at radius 2 is 2.00 bits per heavy atom. The van der Waals surface area contributed by atoms with Crippen molar-refractivity contribution in [1.29, 1.82) is 0 Å². The van der Waals surface area contributed by atoms with Gasteiger partial charge in [0.1, 0.15) is 5.75 Å². The van der Waals surface area contributed by atoms with Crippen LogP contribution in [0, 0.1) is 13.8 Å². The molecule has 0 N–H and O–H groups in total. The van der Waals surface area contributed by atoms with Crippen molar-refractivity contribution in [1.82, 2.24) is 5.06 Å². The summed E-state index contributed by atoms with van der Waals surface area (Å²) in [6.45, 7) is 5.80. The Morgan fingerprint density at radius 1 is 1.26 bits per heavy atom. The van der Waals surface area contributed by atoms with Crippen molar-refractivity contribution < 1.29 is 14.4 Å². The van der Waals surface area contributed by atoms with Gasteiger partial charge in [-0.2, -0.15) is 0 Å². The van der Waals surface area contributed by atoms with E-state index in [1.54, 1.807) is 0 Å². The molecular weight excluding hydrogens is 242 g/mol. The Labute approximate surface area is 114 Å². The Morgan fingerprint density at radius 3 is 2.63 bits per heavy atom. The molecule has 1 fully saturated rings. The molecule has 1 aliphatic rings. The molecule has 0 spiro atoms. The molecule has 104 valence electrons. The Balaban J connectivity index is 1.77. The van der Waals surface area contributed by atoms with Crippen molar-refractivity contribution >= 4 is 5.91 Å². The summed E-state index contributed by atoms with van der Waals surface area (Å²) in [5.41, 5.74) is 2.33. The van der Waals surface area contributed by atoms with E-state index in [1.807, 2.05) is 26.0 Å². The summed E-state index contributed by atoms with van der Waals surface area (Å²) in [5.74, 6) is 0.828. The minimum absolute atomic E-state index is 0.00377. The van der Waals surface area contributed by atoms with Gasteiger partial charge in [0.2, 0.25) is 5.91 Å². The van der Waals surface area contributed by atoms with Gasteiger partial charge in [-0.15, -0.1) is 0 Å². The third kappa shape index (κ3) is 4.24. The van der Waals surface area contributed by atoms with Crippen LogP contribution < -0.4 is 4.74 Å². The lowest BCUT2D eigenvalue weighted by Gasteiger charge is -2.25. The molecule has 1 aromatic rings. The van der Waals surface area contributed by atoms with Gasteiger partial charge in [-0.3, -0.25) is 9.63 Å². The Bertz CT molecular complexity index is 419. The molecule has 19 heavy (non-hydrogen) atoms. The molecule has 1 amide bonds. The molecule has 0 unspecified atom stereocenters. The second kappa shape index (κ2) is 6.57. The van der Waals surface area contributed by atoms with E-state index in [0.717, 1.165) is 18.6 Å². The van der Waals surface area contributed by atoms with Crippen LogP contribution in [0.2, 0.25) is 0 Å². The van der Waals surface area contributed by atoms with Gasteiger partial charge >= 0.3 is 0 Å². The number of nitrogens with zero attached hydrogens (tertiary/aromatic N) is 1. The highest BCUT2D eigenvalue weighted by Crippen LogP contribution is 2.16. The van der Waals surface area contributed by atoms with E-state index in [0.29, 0.717) is 26.2 Å². The first-order valence-electron chi connectivity index (χ1n) is 6.79. The molecule has 1 saturated heterocycles. The van der Waals surface area contributed by atoms with Gasteiger partial charge in [-0.05, 0) is 49.9 Å². The highest BCUT2D eigenvalue weighted by molar-refractivity contribution is 5.75. The first kappa shape index (κ1) is 13.9. The van der Waals surface area contributed by atoms with Crippen LogP contribution in [-0.4, -0.2) is 30.7 Å². The lowest BCUT2D eigenvalue weighted by Crippen LogP contribution is -2.36. The molecule has 0 radical (unpaired) electrons. The van der Waals surface area contributed by atoms with Crippen LogP contribution in [0.3, 0.4) is 0 Å². The third-order valence-corrected chi connectivity index (χ3v) is 3.06. The SMILES string of the molecule is Cc1cc(C)cc(OCCC(=O)N2CCCCO2)c1. The minimum Gasteiger partial charge on any atom is -0.493 e. The minimum atomic E-state index is 0.00377. The molecule has 1 aromatic carbocycles. The topological polar surface area (TPSA) is 38.8 Å². The molecule has 0 atom stereocenters. The number of amides is 1. The van der Waals surface area contributed by atoms with Gasteiger partial charge in [-0.25, -0.2) is 5.06 Å². The van der Waals surface area contributed by atoms with Crippen molar-refractivity contribution in [3.8, 4) is 5.75 Å². The fraction of sp³-hybridized carbons (Fsp3) is 0.533. The van der Waals surface area contributed by atoms with Gasteiger partial charge in [0, 0.05) is 6.54 Å². The summed E-state index contributed by atoms with van der Waals surface area (Å²) in [7, 11) is 0. The molecule has 4 nitrogen and oxygen atoms in total. The first-order valence-corrected chi connectivity index (χ1v) is 6.79. The highest BCUT2D eigenvalue weighted by atomic mass is 16.7. The fourth-order valence-corrected chi connectivity index (χ4v) is 2.19. The number of hydrogen-bond acceptors (Lipinski definition) is 3. The number of ether oxygens (including phenoxy) is 1. The summed E-state index contributed by atoms with van der Waals surface area (Å²) in [6, 6.07) is 6.06. The van der Waals surface area contributed by atoms with Crippen LogP contribution in [0.15, 0.2) is 18.2 Å². The van der Waals surface area contributed by atoms with Crippen LogP contribution in [0.25, 0.3) is 0 Å². The van der Waals surface area contributed by atoms with Gasteiger partial charge in [0.15, 0.2) is 0 Å². The van der Waals surface area contributed by atoms with Crippen molar-refractivity contribution in [3.63, 3.8) is 0 Å². The summed E-state index contributed by atoms with van der Waals surface area (Å²) in [4.78, 5) is 17.2. The van der Waals surface area contributed by atoms with Gasteiger partial charge < -0.3 is 4.74 Å². The maximum absolute atomic E-state index is 11.8. The largest absolute Gasteiger partial charge is 0.493 e. The summed E-state index contributed by atoms with van der Waals surface area (Å²) < 4.78 is 5.63. The maximum atomic E-state index is 11.8. The van der Waals surface area contributed by atoms with E-state index in [1.165, 1.54) is 16.2 Å². The third-order valence-electron chi connectivity index (χ3n) is 3.06. The average Bonchev–Trinajstić information content (AvgIpc) is 2.38. The lowest BCUT2D eigenvalue weighted by molar-refractivity contribution is -0.197. The van der Waals surface area contributed by atoms with E-state index >= 15 is 0 Å². The summed E-state index contributed by atoms with van der Waals surface area (Å²) in [5, 5.41) is 1.47. The van der Waals surface area contributed by atoms with E-state index in [-0.39, 0.29) is 5.91 Å². The van der Waals surface area contributed by atoms with Crippen LogP contribution >= 0.6 is 0 Å². The van der Waals surface area contributed by atoms with E-state index < -0.39 is 0 Å². The second-order valence-electron chi connectivity index (χ2n) is 4.96. The number of carbonyl (C=O) groups is 1. The predicted molar refractivity (Wildman–Crippen MR) is 72.9 cm³/mol. The number of benzene rings is 1. The first-order chi connectivity index (χ1) is 9.15. The number of rotatable bonds is 4. The standard InChI is InChI=1S/C15H21NO3/c1-12-9-13(2)11-14(10-12)18-8-5-15(17)16-6-3-4-7-19-16/h9-11H,3-8H2,1-2H3. The summed E-state index contributed by atoms with van der Waals surface area (Å²) in [6.07, 6.45) is 2.40. The monoisotopic (exact) mass is 263 g/mol. The molecule has 4 heteroatoms. The number of hydrogen-bond donors (Lipinski definition) is 0. The van der Waals surface area contributed by atoms with E-state index in [4.69, 9.17) is 9.57 Å². The average molecular weight is 263 g/mol. The molecule has 1 heterocycles. The van der Waals surface area contributed by atoms with Crippen molar-refractivity contribution in [2.24, 2.45) is 0 Å². The number of carbonyl (C=O) groups excluding carboxylic acids is 1. The van der Waals surface area contributed by atoms with Crippen molar-refractivity contribution in [2.75, 3.05) is 19.8 Å². The smallest absolute Gasteiger partial charge is 0.249 e. The second-order valence-corrected chi connectivity index (χ2v) is 4.96. The molecule has 2 rings (SSSR count). The van der Waals surface area contributed by atoms with Gasteiger partial charge in [-0.1, -0.05) is 6.07 Å². The molecular formula is C15H21NO3. The predicted octanol–water partition coefficient (Wildman–Crippen LogP) is 2.63. The van der Waals surface area contributed by atoms with Gasteiger partial charge in [0.25, 0.3) is 0 Å². The molecule has 1 aliphatic heterocycles. The zero-order valence-corrected chi connectivity index (χ0v) is 11.6. The van der Waals surface area contributed by atoms with Crippen molar-refractivity contribution in [3.05, 3.63) is 29.3 Å². The molecule has 0 aromatic heterocycles. The Kier molecular flexibility index (Phi) is 4.80. The maximum Gasteiger partial charge on any atom is 0.249 e. The highest BCUT2D eigenvalue weighted by Gasteiger charge is 2.17.